The normalized spacial score (nSPS) is 12.2. The van der Waals surface area contributed by atoms with Crippen LogP contribution in [0.5, 0.6) is 0 Å². The summed E-state index contributed by atoms with van der Waals surface area (Å²) in [6.07, 6.45) is 1.85. The molecule has 1 atom stereocenters. The van der Waals surface area contributed by atoms with E-state index in [2.05, 4.69) is 28.2 Å². The molecule has 1 unspecified atom stereocenters. The minimum atomic E-state index is 0.311. The largest absolute Gasteiger partial charge is 0.355 e. The minimum Gasteiger partial charge on any atom is -0.355 e. The molecule has 2 rings (SSSR count). The molecule has 20 heavy (non-hydrogen) atoms. The Hall–Kier alpha value is -1.58. The predicted molar refractivity (Wildman–Crippen MR) is 85.3 cm³/mol. The van der Waals surface area contributed by atoms with Crippen molar-refractivity contribution in [2.75, 3.05) is 19.0 Å². The van der Waals surface area contributed by atoms with Gasteiger partial charge in [-0.3, -0.25) is 0 Å². The molecule has 2 aromatic rings. The Morgan fingerprint density at radius 2 is 2.05 bits per heavy atom. The third-order valence-corrected chi connectivity index (χ3v) is 3.83. The van der Waals surface area contributed by atoms with Crippen molar-refractivity contribution in [2.45, 2.75) is 19.5 Å². The van der Waals surface area contributed by atoms with Gasteiger partial charge in [0, 0.05) is 30.9 Å². The van der Waals surface area contributed by atoms with Gasteiger partial charge in [0.25, 0.3) is 0 Å². The molecule has 106 valence electrons. The fourth-order valence-corrected chi connectivity index (χ4v) is 2.24. The molecule has 1 heterocycles. The molecule has 0 spiro atoms. The van der Waals surface area contributed by atoms with Gasteiger partial charge in [-0.1, -0.05) is 29.8 Å². The lowest BCUT2D eigenvalue weighted by molar-refractivity contribution is 0.651. The summed E-state index contributed by atoms with van der Waals surface area (Å²) in [4.78, 5) is 6.54. The Labute approximate surface area is 125 Å². The lowest BCUT2D eigenvalue weighted by atomic mass is 10.1. The Balaban J connectivity index is 2.17. The maximum atomic E-state index is 6.20. The Morgan fingerprint density at radius 3 is 2.75 bits per heavy atom. The highest BCUT2D eigenvalue weighted by molar-refractivity contribution is 6.31. The predicted octanol–water partition coefficient (Wildman–Crippen LogP) is 3.65. The van der Waals surface area contributed by atoms with E-state index in [0.29, 0.717) is 6.04 Å². The molecule has 1 N–H and O–H groups in total. The van der Waals surface area contributed by atoms with E-state index in [4.69, 9.17) is 11.6 Å². The Bertz CT molecular complexity index is 571. The number of nitrogens with one attached hydrogen (secondary N) is 1. The summed E-state index contributed by atoms with van der Waals surface area (Å²) in [5, 5.41) is 4.03. The van der Waals surface area contributed by atoms with Crippen molar-refractivity contribution in [3.63, 3.8) is 0 Å². The lowest BCUT2D eigenvalue weighted by Gasteiger charge is -2.20. The summed E-state index contributed by atoms with van der Waals surface area (Å²) in [6.45, 7) is 2.87. The van der Waals surface area contributed by atoms with E-state index in [-0.39, 0.29) is 0 Å². The summed E-state index contributed by atoms with van der Waals surface area (Å²) in [5.74, 6) is 0.949. The maximum absolute atomic E-state index is 6.20. The molecule has 0 saturated heterocycles. The number of nitrogens with zero attached hydrogens (tertiary/aromatic N) is 2. The smallest absolute Gasteiger partial charge is 0.128 e. The summed E-state index contributed by atoms with van der Waals surface area (Å²) < 4.78 is 0. The average molecular weight is 290 g/mol. The van der Waals surface area contributed by atoms with Crippen LogP contribution in [0.1, 0.15) is 24.1 Å². The minimum absolute atomic E-state index is 0.311. The van der Waals surface area contributed by atoms with Gasteiger partial charge in [-0.15, -0.1) is 0 Å². The molecule has 1 aromatic heterocycles. The van der Waals surface area contributed by atoms with E-state index in [1.54, 1.807) is 0 Å². The van der Waals surface area contributed by atoms with Crippen LogP contribution < -0.4 is 10.2 Å². The molecule has 0 aliphatic rings. The second-order valence-corrected chi connectivity index (χ2v) is 5.31. The van der Waals surface area contributed by atoms with Crippen molar-refractivity contribution >= 4 is 17.4 Å². The molecule has 0 bridgehead atoms. The number of rotatable bonds is 5. The maximum Gasteiger partial charge on any atom is 0.128 e. The van der Waals surface area contributed by atoms with Crippen LogP contribution in [-0.2, 0) is 6.54 Å². The molecule has 0 amide bonds. The lowest BCUT2D eigenvalue weighted by Crippen LogP contribution is -2.19. The topological polar surface area (TPSA) is 28.2 Å². The number of hydrogen-bond acceptors (Lipinski definition) is 3. The Morgan fingerprint density at radius 1 is 1.30 bits per heavy atom. The zero-order valence-corrected chi connectivity index (χ0v) is 12.9. The van der Waals surface area contributed by atoms with Crippen LogP contribution in [0.15, 0.2) is 42.6 Å². The first-order valence-corrected chi connectivity index (χ1v) is 7.07. The SMILES string of the molecule is CNC(C)c1ccnc(N(C)Cc2ccccc2Cl)c1. The van der Waals surface area contributed by atoms with Gasteiger partial charge < -0.3 is 10.2 Å². The van der Waals surface area contributed by atoms with Gasteiger partial charge in [-0.25, -0.2) is 4.98 Å². The summed E-state index contributed by atoms with van der Waals surface area (Å²) >= 11 is 6.20. The van der Waals surface area contributed by atoms with Crippen molar-refractivity contribution < 1.29 is 0 Å². The Kier molecular flexibility index (Phi) is 4.99. The molecule has 4 heteroatoms. The van der Waals surface area contributed by atoms with Gasteiger partial charge in [0.15, 0.2) is 0 Å². The van der Waals surface area contributed by atoms with Crippen molar-refractivity contribution in [2.24, 2.45) is 0 Å². The molecular weight excluding hydrogens is 270 g/mol. The van der Waals surface area contributed by atoms with Gasteiger partial charge in [-0.05, 0) is 43.3 Å². The first kappa shape index (κ1) is 14.8. The van der Waals surface area contributed by atoms with Crippen molar-refractivity contribution in [1.82, 2.24) is 10.3 Å². The first-order chi connectivity index (χ1) is 9.61. The molecule has 3 nitrogen and oxygen atoms in total. The molecular formula is C16H20ClN3. The van der Waals surface area contributed by atoms with Crippen LogP contribution in [0.4, 0.5) is 5.82 Å². The summed E-state index contributed by atoms with van der Waals surface area (Å²) in [7, 11) is 3.98. The van der Waals surface area contributed by atoms with E-state index < -0.39 is 0 Å². The number of halogens is 1. The highest BCUT2D eigenvalue weighted by atomic mass is 35.5. The van der Waals surface area contributed by atoms with E-state index in [0.717, 1.165) is 22.9 Å². The zero-order valence-electron chi connectivity index (χ0n) is 12.1. The van der Waals surface area contributed by atoms with Gasteiger partial charge >= 0.3 is 0 Å². The monoisotopic (exact) mass is 289 g/mol. The summed E-state index contributed by atoms with van der Waals surface area (Å²) in [6, 6.07) is 12.4. The fraction of sp³-hybridized carbons (Fsp3) is 0.312. The van der Waals surface area contributed by atoms with Crippen LogP contribution >= 0.6 is 11.6 Å². The first-order valence-electron chi connectivity index (χ1n) is 6.69. The molecule has 1 aromatic carbocycles. The van der Waals surface area contributed by atoms with E-state index in [9.17, 15) is 0 Å². The molecule has 0 saturated carbocycles. The second kappa shape index (κ2) is 6.73. The van der Waals surface area contributed by atoms with Crippen LogP contribution in [-0.4, -0.2) is 19.1 Å². The van der Waals surface area contributed by atoms with Crippen molar-refractivity contribution in [3.8, 4) is 0 Å². The molecule has 0 aliphatic heterocycles. The molecule has 0 radical (unpaired) electrons. The van der Waals surface area contributed by atoms with Gasteiger partial charge in [0.2, 0.25) is 0 Å². The molecule has 0 aliphatic carbocycles. The van der Waals surface area contributed by atoms with Crippen LogP contribution in [0, 0.1) is 0 Å². The quantitative estimate of drug-likeness (QED) is 0.911. The van der Waals surface area contributed by atoms with Crippen LogP contribution in [0.25, 0.3) is 0 Å². The van der Waals surface area contributed by atoms with Crippen LogP contribution in [0.3, 0.4) is 0 Å². The number of benzene rings is 1. The average Bonchev–Trinajstić information content (AvgIpc) is 2.49. The number of anilines is 1. The molecule has 0 fully saturated rings. The fourth-order valence-electron chi connectivity index (χ4n) is 2.04. The zero-order chi connectivity index (χ0) is 14.5. The van der Waals surface area contributed by atoms with Crippen molar-refractivity contribution in [3.05, 3.63) is 58.7 Å². The van der Waals surface area contributed by atoms with Gasteiger partial charge in [0.1, 0.15) is 5.82 Å². The number of pyridine rings is 1. The highest BCUT2D eigenvalue weighted by Crippen LogP contribution is 2.21. The van der Waals surface area contributed by atoms with Crippen LogP contribution in [0.2, 0.25) is 5.02 Å². The van der Waals surface area contributed by atoms with E-state index in [1.807, 2.05) is 50.6 Å². The van der Waals surface area contributed by atoms with Gasteiger partial charge in [0.05, 0.1) is 0 Å². The third kappa shape index (κ3) is 3.50. The number of hydrogen-bond donors (Lipinski definition) is 1. The van der Waals surface area contributed by atoms with E-state index in [1.165, 1.54) is 5.56 Å². The van der Waals surface area contributed by atoms with E-state index >= 15 is 0 Å². The third-order valence-electron chi connectivity index (χ3n) is 3.46. The summed E-state index contributed by atoms with van der Waals surface area (Å²) in [5.41, 5.74) is 2.33. The number of aromatic nitrogens is 1. The van der Waals surface area contributed by atoms with Crippen molar-refractivity contribution in [1.29, 1.82) is 0 Å². The standard InChI is InChI=1S/C16H20ClN3/c1-12(18-2)13-8-9-19-16(10-13)20(3)11-14-6-4-5-7-15(14)17/h4-10,12,18H,11H2,1-3H3. The second-order valence-electron chi connectivity index (χ2n) is 4.91. The van der Waals surface area contributed by atoms with Gasteiger partial charge in [-0.2, -0.15) is 0 Å². The highest BCUT2D eigenvalue weighted by Gasteiger charge is 2.09.